The molecule has 31 heavy (non-hydrogen) atoms. The van der Waals surface area contributed by atoms with Crippen molar-refractivity contribution in [3.05, 3.63) is 80.3 Å². The number of nitrogens with zero attached hydrogens (tertiary/aromatic N) is 3. The molecule has 0 bridgehead atoms. The maximum absolute atomic E-state index is 12.3. The second-order valence-electron chi connectivity index (χ2n) is 6.30. The highest BCUT2D eigenvalue weighted by atomic mass is 32.2. The minimum atomic E-state index is -0.518. The fraction of sp³-hybridized carbons (Fsp3) is 0.200. The molecule has 2 N–H and O–H groups in total. The second kappa shape index (κ2) is 10.3. The van der Waals surface area contributed by atoms with Gasteiger partial charge in [0.05, 0.1) is 17.3 Å². The molecule has 0 unspecified atom stereocenters. The number of carbonyl (C=O) groups is 1. The summed E-state index contributed by atoms with van der Waals surface area (Å²) < 4.78 is 5.39. The Morgan fingerprint density at radius 1 is 1.16 bits per heavy atom. The fourth-order valence-electron chi connectivity index (χ4n) is 2.59. The molecule has 0 fully saturated rings. The highest BCUT2D eigenvalue weighted by Crippen LogP contribution is 2.17. The van der Waals surface area contributed by atoms with E-state index in [0.717, 1.165) is 23.1 Å². The molecule has 0 aliphatic heterocycles. The highest BCUT2D eigenvalue weighted by molar-refractivity contribution is 7.99. The van der Waals surface area contributed by atoms with Crippen molar-refractivity contribution in [1.82, 2.24) is 15.2 Å². The van der Waals surface area contributed by atoms with Crippen LogP contribution in [0.4, 0.5) is 11.4 Å². The fourth-order valence-corrected chi connectivity index (χ4v) is 3.19. The lowest BCUT2D eigenvalue weighted by molar-refractivity contribution is -0.384. The minimum absolute atomic E-state index is 0.0140. The van der Waals surface area contributed by atoms with E-state index in [4.69, 9.17) is 4.74 Å². The van der Waals surface area contributed by atoms with Gasteiger partial charge < -0.3 is 10.1 Å². The molecule has 0 atom stereocenters. The third-order valence-corrected chi connectivity index (χ3v) is 4.92. The van der Waals surface area contributed by atoms with Gasteiger partial charge in [0, 0.05) is 24.2 Å². The Balaban J connectivity index is 1.54. The summed E-state index contributed by atoms with van der Waals surface area (Å²) in [5.74, 6) is 0.393. The number of hydrogen-bond acceptors (Lipinski definition) is 8. The number of thioether (sulfide) groups is 1. The first-order valence-electron chi connectivity index (χ1n) is 9.29. The lowest BCUT2D eigenvalue weighted by Crippen LogP contribution is -2.19. The van der Waals surface area contributed by atoms with Crippen molar-refractivity contribution in [3.63, 3.8) is 0 Å². The number of H-pyrrole nitrogens is 1. The average molecular weight is 441 g/mol. The van der Waals surface area contributed by atoms with Gasteiger partial charge in [0.15, 0.2) is 5.16 Å². The molecule has 0 saturated carbocycles. The summed E-state index contributed by atoms with van der Waals surface area (Å²) in [4.78, 5) is 37.1. The smallest absolute Gasteiger partial charge is 0.273 e. The molecule has 11 heteroatoms. The van der Waals surface area contributed by atoms with Gasteiger partial charge in [-0.25, -0.2) is 0 Å². The molecule has 0 radical (unpaired) electrons. The van der Waals surface area contributed by atoms with Gasteiger partial charge in [-0.15, -0.1) is 10.2 Å². The molecule has 1 heterocycles. The summed E-state index contributed by atoms with van der Waals surface area (Å²) >= 11 is 1.03. The first-order valence-corrected chi connectivity index (χ1v) is 10.3. The quantitative estimate of drug-likeness (QED) is 0.293. The van der Waals surface area contributed by atoms with Gasteiger partial charge in [-0.1, -0.05) is 23.9 Å². The van der Waals surface area contributed by atoms with Gasteiger partial charge in [0.1, 0.15) is 11.4 Å². The number of hydrogen-bond donors (Lipinski definition) is 2. The predicted octanol–water partition coefficient (Wildman–Crippen LogP) is 2.79. The summed E-state index contributed by atoms with van der Waals surface area (Å²) in [6.07, 6.45) is 0.320. The zero-order valence-corrected chi connectivity index (χ0v) is 17.3. The van der Waals surface area contributed by atoms with Crippen LogP contribution in [-0.2, 0) is 11.2 Å². The number of aromatic nitrogens is 3. The molecule has 0 spiro atoms. The Bertz CT molecular complexity index is 1120. The van der Waals surface area contributed by atoms with Gasteiger partial charge in [0.2, 0.25) is 5.91 Å². The number of amides is 1. The summed E-state index contributed by atoms with van der Waals surface area (Å²) in [5, 5.41) is 21.4. The molecule has 160 valence electrons. The van der Waals surface area contributed by atoms with Crippen LogP contribution >= 0.6 is 11.8 Å². The molecule has 10 nitrogen and oxygen atoms in total. The minimum Gasteiger partial charge on any atom is -0.494 e. The van der Waals surface area contributed by atoms with Crippen molar-refractivity contribution in [3.8, 4) is 5.75 Å². The van der Waals surface area contributed by atoms with Crippen molar-refractivity contribution in [2.75, 3.05) is 17.7 Å². The van der Waals surface area contributed by atoms with E-state index in [1.54, 1.807) is 0 Å². The van der Waals surface area contributed by atoms with Crippen LogP contribution < -0.4 is 15.6 Å². The number of nitro groups is 1. The van der Waals surface area contributed by atoms with E-state index in [2.05, 4.69) is 20.5 Å². The number of rotatable bonds is 9. The maximum Gasteiger partial charge on any atom is 0.273 e. The summed E-state index contributed by atoms with van der Waals surface area (Å²) in [5.41, 5.74) is 1.16. The molecule has 3 aromatic rings. The zero-order valence-electron chi connectivity index (χ0n) is 16.5. The van der Waals surface area contributed by atoms with Gasteiger partial charge in [-0.2, -0.15) is 0 Å². The topological polar surface area (TPSA) is 140 Å². The van der Waals surface area contributed by atoms with Crippen molar-refractivity contribution in [2.45, 2.75) is 18.5 Å². The number of benzene rings is 2. The number of carbonyl (C=O) groups excluding carboxylic acids is 1. The van der Waals surface area contributed by atoms with Crippen LogP contribution in [-0.4, -0.2) is 38.4 Å². The third-order valence-electron chi connectivity index (χ3n) is 4.05. The van der Waals surface area contributed by atoms with Crippen LogP contribution in [0.1, 0.15) is 18.2 Å². The van der Waals surface area contributed by atoms with Crippen LogP contribution in [0.2, 0.25) is 0 Å². The summed E-state index contributed by atoms with van der Waals surface area (Å²) in [7, 11) is 0. The summed E-state index contributed by atoms with van der Waals surface area (Å²) in [6, 6.07) is 12.9. The Kier molecular flexibility index (Phi) is 7.33. The molecule has 0 aliphatic carbocycles. The first-order chi connectivity index (χ1) is 14.9. The van der Waals surface area contributed by atoms with Crippen molar-refractivity contribution in [2.24, 2.45) is 0 Å². The van der Waals surface area contributed by atoms with E-state index in [-0.39, 0.29) is 33.8 Å². The normalized spacial score (nSPS) is 10.5. The lowest BCUT2D eigenvalue weighted by atomic mass is 10.1. The van der Waals surface area contributed by atoms with Crippen LogP contribution in [0.3, 0.4) is 0 Å². The molecule has 3 rings (SSSR count). The Morgan fingerprint density at radius 3 is 2.48 bits per heavy atom. The maximum atomic E-state index is 12.3. The van der Waals surface area contributed by atoms with Gasteiger partial charge in [-0.3, -0.25) is 24.7 Å². The molecular weight excluding hydrogens is 422 g/mol. The molecule has 2 aromatic carbocycles. The van der Waals surface area contributed by atoms with Gasteiger partial charge in [0.25, 0.3) is 11.2 Å². The van der Waals surface area contributed by atoms with E-state index in [0.29, 0.717) is 18.7 Å². The highest BCUT2D eigenvalue weighted by Gasteiger charge is 2.10. The average Bonchev–Trinajstić information content (AvgIpc) is 2.76. The Morgan fingerprint density at radius 2 is 1.87 bits per heavy atom. The van der Waals surface area contributed by atoms with Crippen molar-refractivity contribution in [1.29, 1.82) is 0 Å². The number of non-ortho nitro benzene ring substituents is 1. The van der Waals surface area contributed by atoms with Crippen molar-refractivity contribution < 1.29 is 14.5 Å². The van der Waals surface area contributed by atoms with E-state index in [1.165, 1.54) is 24.3 Å². The lowest BCUT2D eigenvalue weighted by Gasteiger charge is -2.06. The zero-order chi connectivity index (χ0) is 22.2. The van der Waals surface area contributed by atoms with E-state index < -0.39 is 4.92 Å². The number of aromatic amines is 1. The number of nitro benzene ring substituents is 1. The number of nitrogens with one attached hydrogen (secondary N) is 2. The Hall–Kier alpha value is -3.73. The summed E-state index contributed by atoms with van der Waals surface area (Å²) in [6.45, 7) is 2.48. The monoisotopic (exact) mass is 441 g/mol. The van der Waals surface area contributed by atoms with E-state index >= 15 is 0 Å². The van der Waals surface area contributed by atoms with Crippen LogP contribution in [0.25, 0.3) is 0 Å². The second-order valence-corrected chi connectivity index (χ2v) is 7.26. The molecule has 0 saturated heterocycles. The van der Waals surface area contributed by atoms with Crippen LogP contribution in [0.15, 0.2) is 58.5 Å². The standard InChI is InChI=1S/C20H19N5O5S/c1-2-30-16-9-3-13(4-10-16)11-17-19(27)22-20(24-23-17)31-12-18(26)21-14-5-7-15(8-6-14)25(28)29/h3-10H,2,11-12H2,1H3,(H,21,26)(H,22,24,27). The Labute approximate surface area is 181 Å². The predicted molar refractivity (Wildman–Crippen MR) is 116 cm³/mol. The van der Waals surface area contributed by atoms with Crippen LogP contribution in [0.5, 0.6) is 5.75 Å². The first kappa shape index (κ1) is 22.0. The number of ether oxygens (including phenoxy) is 1. The number of anilines is 1. The van der Waals surface area contributed by atoms with E-state index in [1.807, 2.05) is 31.2 Å². The van der Waals surface area contributed by atoms with Crippen molar-refractivity contribution >= 4 is 29.0 Å². The molecule has 1 aromatic heterocycles. The SMILES string of the molecule is CCOc1ccc(Cc2nnc(SCC(=O)Nc3ccc([N+](=O)[O-])cc3)[nH]c2=O)cc1. The molecular formula is C20H19N5O5S. The third kappa shape index (κ3) is 6.37. The van der Waals surface area contributed by atoms with Gasteiger partial charge >= 0.3 is 0 Å². The van der Waals surface area contributed by atoms with E-state index in [9.17, 15) is 19.7 Å². The van der Waals surface area contributed by atoms with Gasteiger partial charge in [-0.05, 0) is 36.8 Å². The van der Waals surface area contributed by atoms with Crippen LogP contribution in [0, 0.1) is 10.1 Å². The largest absolute Gasteiger partial charge is 0.494 e. The molecule has 0 aliphatic rings. The molecule has 1 amide bonds.